The Labute approximate surface area is 79.2 Å². The third kappa shape index (κ3) is 2.59. The molecule has 2 unspecified atom stereocenters. The normalized spacial score (nSPS) is 27.3. The molecule has 0 saturated carbocycles. The first-order chi connectivity index (χ1) is 6.15. The van der Waals surface area contributed by atoms with Crippen LogP contribution in [-0.2, 0) is 4.74 Å². The third-order valence-electron chi connectivity index (χ3n) is 2.51. The Morgan fingerprint density at radius 2 is 2.38 bits per heavy atom. The van der Waals surface area contributed by atoms with E-state index < -0.39 is 0 Å². The number of nitrogens with one attached hydrogen (secondary N) is 1. The zero-order valence-corrected chi connectivity index (χ0v) is 8.54. The fourth-order valence-corrected chi connectivity index (χ4v) is 1.33. The van der Waals surface area contributed by atoms with Gasteiger partial charge in [0, 0.05) is 20.2 Å². The Balaban J connectivity index is 2.35. The zero-order chi connectivity index (χ0) is 9.84. The van der Waals surface area contributed by atoms with Gasteiger partial charge in [0.15, 0.2) is 0 Å². The van der Waals surface area contributed by atoms with Crippen molar-refractivity contribution in [2.45, 2.75) is 32.4 Å². The maximum atomic E-state index is 11.4. The highest BCUT2D eigenvalue weighted by Crippen LogP contribution is 2.12. The van der Waals surface area contributed by atoms with Crippen molar-refractivity contribution in [3.63, 3.8) is 0 Å². The summed E-state index contributed by atoms with van der Waals surface area (Å²) in [6.07, 6.45) is 1.07. The molecule has 1 aliphatic rings. The van der Waals surface area contributed by atoms with Crippen molar-refractivity contribution in [1.29, 1.82) is 0 Å². The fraction of sp³-hybridized carbons (Fsp3) is 0.889. The number of urea groups is 1. The summed E-state index contributed by atoms with van der Waals surface area (Å²) in [6, 6.07) is 0.173. The molecule has 1 N–H and O–H groups in total. The molecule has 0 radical (unpaired) electrons. The van der Waals surface area contributed by atoms with Crippen LogP contribution in [0.15, 0.2) is 0 Å². The Bertz CT molecular complexity index is 184. The van der Waals surface area contributed by atoms with Gasteiger partial charge in [0.25, 0.3) is 0 Å². The van der Waals surface area contributed by atoms with Crippen molar-refractivity contribution >= 4 is 6.03 Å². The van der Waals surface area contributed by atoms with Gasteiger partial charge in [-0.25, -0.2) is 4.79 Å². The summed E-state index contributed by atoms with van der Waals surface area (Å²) in [5.74, 6) is 0. The quantitative estimate of drug-likeness (QED) is 0.694. The van der Waals surface area contributed by atoms with Crippen LogP contribution in [0.25, 0.3) is 0 Å². The van der Waals surface area contributed by atoms with Crippen molar-refractivity contribution < 1.29 is 9.53 Å². The summed E-state index contributed by atoms with van der Waals surface area (Å²) in [4.78, 5) is 13.1. The molecule has 1 rings (SSSR count). The molecule has 2 atom stereocenters. The van der Waals surface area contributed by atoms with E-state index in [1.165, 1.54) is 0 Å². The molecule has 4 heteroatoms. The molecule has 2 amide bonds. The maximum Gasteiger partial charge on any atom is 0.317 e. The molecule has 76 valence electrons. The van der Waals surface area contributed by atoms with Crippen molar-refractivity contribution in [2.75, 3.05) is 20.2 Å². The number of nitrogens with zero attached hydrogens (tertiary/aromatic N) is 1. The summed E-state index contributed by atoms with van der Waals surface area (Å²) in [7, 11) is 1.79. The molecule has 0 aliphatic carbocycles. The maximum absolute atomic E-state index is 11.4. The number of hydrogen-bond acceptors (Lipinski definition) is 2. The fourth-order valence-electron chi connectivity index (χ4n) is 1.33. The van der Waals surface area contributed by atoms with Gasteiger partial charge in [-0.1, -0.05) is 0 Å². The molecule has 0 aromatic carbocycles. The SMILES string of the molecule is CCN(C)C(=O)NC1CCOC1C. The molecule has 1 heterocycles. The van der Waals surface area contributed by atoms with E-state index >= 15 is 0 Å². The predicted molar refractivity (Wildman–Crippen MR) is 50.7 cm³/mol. The van der Waals surface area contributed by atoms with Crippen LogP contribution in [0, 0.1) is 0 Å². The van der Waals surface area contributed by atoms with Gasteiger partial charge in [-0.15, -0.1) is 0 Å². The second-order valence-electron chi connectivity index (χ2n) is 3.43. The monoisotopic (exact) mass is 186 g/mol. The molecule has 4 nitrogen and oxygen atoms in total. The van der Waals surface area contributed by atoms with E-state index in [9.17, 15) is 4.79 Å². The molecule has 1 aliphatic heterocycles. The lowest BCUT2D eigenvalue weighted by molar-refractivity contribution is 0.112. The van der Waals surface area contributed by atoms with Crippen LogP contribution >= 0.6 is 0 Å². The Morgan fingerprint density at radius 1 is 1.69 bits per heavy atom. The van der Waals surface area contributed by atoms with Gasteiger partial charge in [0.2, 0.25) is 0 Å². The highest BCUT2D eigenvalue weighted by molar-refractivity contribution is 5.74. The largest absolute Gasteiger partial charge is 0.376 e. The van der Waals surface area contributed by atoms with Crippen LogP contribution in [-0.4, -0.2) is 43.3 Å². The number of carbonyl (C=O) groups excluding carboxylic acids is 1. The molecule has 0 bridgehead atoms. The molecular formula is C9H18N2O2. The summed E-state index contributed by atoms with van der Waals surface area (Å²) < 4.78 is 5.35. The second-order valence-corrected chi connectivity index (χ2v) is 3.43. The molecule has 1 fully saturated rings. The summed E-state index contributed by atoms with van der Waals surface area (Å²) in [5.41, 5.74) is 0. The third-order valence-corrected chi connectivity index (χ3v) is 2.51. The van der Waals surface area contributed by atoms with E-state index in [1.54, 1.807) is 11.9 Å². The zero-order valence-electron chi connectivity index (χ0n) is 8.54. The number of hydrogen-bond donors (Lipinski definition) is 1. The van der Waals surface area contributed by atoms with Crippen LogP contribution < -0.4 is 5.32 Å². The lowest BCUT2D eigenvalue weighted by Crippen LogP contribution is -2.45. The number of amides is 2. The highest BCUT2D eigenvalue weighted by Gasteiger charge is 2.26. The minimum Gasteiger partial charge on any atom is -0.376 e. The first kappa shape index (κ1) is 10.3. The summed E-state index contributed by atoms with van der Waals surface area (Å²) in [5, 5.41) is 2.94. The van der Waals surface area contributed by atoms with E-state index in [0.29, 0.717) is 0 Å². The number of rotatable bonds is 2. The average molecular weight is 186 g/mol. The van der Waals surface area contributed by atoms with Crippen molar-refractivity contribution in [3.8, 4) is 0 Å². The average Bonchev–Trinajstić information content (AvgIpc) is 2.50. The molecule has 13 heavy (non-hydrogen) atoms. The Kier molecular flexibility index (Phi) is 3.54. The lowest BCUT2D eigenvalue weighted by Gasteiger charge is -2.21. The van der Waals surface area contributed by atoms with Crippen LogP contribution in [0.3, 0.4) is 0 Å². The predicted octanol–water partition coefficient (Wildman–Crippen LogP) is 0.825. The van der Waals surface area contributed by atoms with Crippen molar-refractivity contribution in [2.24, 2.45) is 0 Å². The summed E-state index contributed by atoms with van der Waals surface area (Å²) in [6.45, 7) is 5.42. The van der Waals surface area contributed by atoms with E-state index in [1.807, 2.05) is 13.8 Å². The number of carbonyl (C=O) groups is 1. The minimum absolute atomic E-state index is 0.00940. The number of ether oxygens (including phenoxy) is 1. The van der Waals surface area contributed by atoms with Gasteiger partial charge in [0.1, 0.15) is 0 Å². The standard InChI is InChI=1S/C9H18N2O2/c1-4-11(3)9(12)10-8-5-6-13-7(8)2/h7-8H,4-6H2,1-3H3,(H,10,12). The van der Waals surface area contributed by atoms with Crippen LogP contribution in [0.1, 0.15) is 20.3 Å². The molecule has 1 saturated heterocycles. The highest BCUT2D eigenvalue weighted by atomic mass is 16.5. The topological polar surface area (TPSA) is 41.6 Å². The van der Waals surface area contributed by atoms with Gasteiger partial charge in [-0.3, -0.25) is 0 Å². The molecule has 0 spiro atoms. The minimum atomic E-state index is -0.00940. The van der Waals surface area contributed by atoms with Gasteiger partial charge >= 0.3 is 6.03 Å². The lowest BCUT2D eigenvalue weighted by atomic mass is 10.2. The van der Waals surface area contributed by atoms with E-state index in [0.717, 1.165) is 19.6 Å². The Hall–Kier alpha value is -0.770. The van der Waals surface area contributed by atoms with Crippen LogP contribution in [0.5, 0.6) is 0 Å². The molecule has 0 aromatic rings. The first-order valence-electron chi connectivity index (χ1n) is 4.78. The van der Waals surface area contributed by atoms with E-state index in [2.05, 4.69) is 5.32 Å². The smallest absolute Gasteiger partial charge is 0.317 e. The van der Waals surface area contributed by atoms with Crippen LogP contribution in [0.2, 0.25) is 0 Å². The molecule has 0 aromatic heterocycles. The Morgan fingerprint density at radius 3 is 2.85 bits per heavy atom. The second kappa shape index (κ2) is 4.46. The van der Waals surface area contributed by atoms with E-state index in [-0.39, 0.29) is 18.2 Å². The van der Waals surface area contributed by atoms with Gasteiger partial charge in [-0.2, -0.15) is 0 Å². The van der Waals surface area contributed by atoms with Crippen molar-refractivity contribution in [1.82, 2.24) is 10.2 Å². The van der Waals surface area contributed by atoms with Crippen LogP contribution in [0.4, 0.5) is 4.79 Å². The van der Waals surface area contributed by atoms with Crippen molar-refractivity contribution in [3.05, 3.63) is 0 Å². The van der Waals surface area contributed by atoms with E-state index in [4.69, 9.17) is 4.74 Å². The van der Waals surface area contributed by atoms with Gasteiger partial charge < -0.3 is 15.0 Å². The first-order valence-corrected chi connectivity index (χ1v) is 4.78. The van der Waals surface area contributed by atoms with Gasteiger partial charge in [-0.05, 0) is 20.3 Å². The van der Waals surface area contributed by atoms with Gasteiger partial charge in [0.05, 0.1) is 12.1 Å². The molecular weight excluding hydrogens is 168 g/mol. The summed E-state index contributed by atoms with van der Waals surface area (Å²) >= 11 is 0.